The van der Waals surface area contributed by atoms with Gasteiger partial charge in [-0.15, -0.1) is 0 Å². The van der Waals surface area contributed by atoms with Crippen molar-refractivity contribution >= 4 is 11.7 Å². The standard InChI is InChI=1S/C15H22N2O2/c1-11-7-8-12-5-3-4-6-13(12)17(11)10-9-15(2,16)14(18)19/h3-6,11H,7-10,16H2,1-2H3,(H,18,19). The van der Waals surface area contributed by atoms with Crippen molar-refractivity contribution in [1.82, 2.24) is 0 Å². The first-order chi connectivity index (χ1) is 8.92. The summed E-state index contributed by atoms with van der Waals surface area (Å²) in [6, 6.07) is 8.77. The summed E-state index contributed by atoms with van der Waals surface area (Å²) < 4.78 is 0. The van der Waals surface area contributed by atoms with E-state index in [1.54, 1.807) is 6.92 Å². The van der Waals surface area contributed by atoms with Crippen LogP contribution in [-0.2, 0) is 11.2 Å². The molecule has 0 spiro atoms. The summed E-state index contributed by atoms with van der Waals surface area (Å²) in [5.41, 5.74) is 7.22. The van der Waals surface area contributed by atoms with Crippen molar-refractivity contribution in [2.45, 2.75) is 44.7 Å². The van der Waals surface area contributed by atoms with E-state index in [-0.39, 0.29) is 0 Å². The monoisotopic (exact) mass is 262 g/mol. The highest BCUT2D eigenvalue weighted by Gasteiger charge is 2.30. The molecule has 0 aromatic heterocycles. The van der Waals surface area contributed by atoms with Gasteiger partial charge in [-0.25, -0.2) is 0 Å². The summed E-state index contributed by atoms with van der Waals surface area (Å²) in [6.07, 6.45) is 2.64. The SMILES string of the molecule is CC1CCc2ccccc2N1CCC(C)(N)C(=O)O. The Morgan fingerprint density at radius 2 is 2.21 bits per heavy atom. The number of benzene rings is 1. The fourth-order valence-electron chi connectivity index (χ4n) is 2.56. The molecule has 0 saturated heterocycles. The Labute approximate surface area is 114 Å². The smallest absolute Gasteiger partial charge is 0.323 e. The third kappa shape index (κ3) is 2.89. The zero-order valence-electron chi connectivity index (χ0n) is 11.6. The van der Waals surface area contributed by atoms with Crippen LogP contribution >= 0.6 is 0 Å². The van der Waals surface area contributed by atoms with Crippen LogP contribution in [0.4, 0.5) is 5.69 Å². The highest BCUT2D eigenvalue weighted by molar-refractivity contribution is 5.77. The predicted octanol–water partition coefficient (Wildman–Crippen LogP) is 2.02. The van der Waals surface area contributed by atoms with Crippen molar-refractivity contribution in [1.29, 1.82) is 0 Å². The first-order valence-electron chi connectivity index (χ1n) is 6.78. The highest BCUT2D eigenvalue weighted by Crippen LogP contribution is 2.30. The van der Waals surface area contributed by atoms with Gasteiger partial charge in [-0.1, -0.05) is 18.2 Å². The number of anilines is 1. The van der Waals surface area contributed by atoms with E-state index < -0.39 is 11.5 Å². The van der Waals surface area contributed by atoms with Gasteiger partial charge in [0.25, 0.3) is 0 Å². The summed E-state index contributed by atoms with van der Waals surface area (Å²) in [5.74, 6) is -0.939. The average molecular weight is 262 g/mol. The molecule has 1 aromatic carbocycles. The molecule has 2 rings (SSSR count). The number of hydrogen-bond acceptors (Lipinski definition) is 3. The van der Waals surface area contributed by atoms with Crippen LogP contribution in [0.25, 0.3) is 0 Å². The summed E-state index contributed by atoms with van der Waals surface area (Å²) in [5, 5.41) is 9.09. The van der Waals surface area contributed by atoms with Gasteiger partial charge >= 0.3 is 5.97 Å². The van der Waals surface area contributed by atoms with Crippen molar-refractivity contribution in [2.24, 2.45) is 5.73 Å². The maximum atomic E-state index is 11.1. The van der Waals surface area contributed by atoms with Crippen LogP contribution < -0.4 is 10.6 Å². The van der Waals surface area contributed by atoms with Crippen LogP contribution in [0.1, 0.15) is 32.3 Å². The molecule has 1 aliphatic heterocycles. The lowest BCUT2D eigenvalue weighted by atomic mass is 9.94. The molecule has 1 aromatic rings. The minimum Gasteiger partial charge on any atom is -0.480 e. The number of fused-ring (bicyclic) bond motifs is 1. The van der Waals surface area contributed by atoms with Gasteiger partial charge < -0.3 is 15.7 Å². The fourth-order valence-corrected chi connectivity index (χ4v) is 2.56. The van der Waals surface area contributed by atoms with Crippen LogP contribution in [0.2, 0.25) is 0 Å². The van der Waals surface area contributed by atoms with Gasteiger partial charge in [0, 0.05) is 18.3 Å². The molecule has 1 heterocycles. The number of rotatable bonds is 4. The van der Waals surface area contributed by atoms with Crippen LogP contribution in [0.5, 0.6) is 0 Å². The van der Waals surface area contributed by atoms with Crippen LogP contribution in [0.3, 0.4) is 0 Å². The van der Waals surface area contributed by atoms with E-state index in [1.165, 1.54) is 11.3 Å². The molecule has 1 aliphatic rings. The number of carboxylic acid groups (broad SMARTS) is 1. The van der Waals surface area contributed by atoms with Gasteiger partial charge in [0.1, 0.15) is 5.54 Å². The molecule has 2 atom stereocenters. The second-order valence-electron chi connectivity index (χ2n) is 5.68. The van der Waals surface area contributed by atoms with E-state index in [1.807, 2.05) is 6.07 Å². The Kier molecular flexibility index (Phi) is 3.80. The van der Waals surface area contributed by atoms with Gasteiger partial charge in [-0.05, 0) is 44.7 Å². The topological polar surface area (TPSA) is 66.6 Å². The number of hydrogen-bond donors (Lipinski definition) is 2. The number of nitrogens with two attached hydrogens (primary N) is 1. The molecule has 0 saturated carbocycles. The largest absolute Gasteiger partial charge is 0.480 e. The van der Waals surface area contributed by atoms with Gasteiger partial charge in [0.2, 0.25) is 0 Å². The number of carboxylic acids is 1. The number of para-hydroxylation sites is 1. The Morgan fingerprint density at radius 1 is 1.53 bits per heavy atom. The average Bonchev–Trinajstić information content (AvgIpc) is 2.37. The van der Waals surface area contributed by atoms with Crippen LogP contribution in [0.15, 0.2) is 24.3 Å². The Hall–Kier alpha value is -1.55. The van der Waals surface area contributed by atoms with Crippen LogP contribution in [-0.4, -0.2) is 29.2 Å². The van der Waals surface area contributed by atoms with Gasteiger partial charge in [0.15, 0.2) is 0 Å². The molecular formula is C15H22N2O2. The lowest BCUT2D eigenvalue weighted by molar-refractivity contribution is -0.142. The van der Waals surface area contributed by atoms with Crippen molar-refractivity contribution in [2.75, 3.05) is 11.4 Å². The fraction of sp³-hybridized carbons (Fsp3) is 0.533. The normalized spacial score (nSPS) is 21.6. The number of aliphatic carboxylic acids is 1. The molecule has 19 heavy (non-hydrogen) atoms. The molecular weight excluding hydrogens is 240 g/mol. The molecule has 104 valence electrons. The van der Waals surface area contributed by atoms with Crippen molar-refractivity contribution in [3.05, 3.63) is 29.8 Å². The third-order valence-electron chi connectivity index (χ3n) is 4.03. The van der Waals surface area contributed by atoms with E-state index in [2.05, 4.69) is 30.0 Å². The van der Waals surface area contributed by atoms with Crippen molar-refractivity contribution < 1.29 is 9.90 Å². The molecule has 0 fully saturated rings. The molecule has 0 radical (unpaired) electrons. The predicted molar refractivity (Wildman–Crippen MR) is 76.4 cm³/mol. The zero-order valence-corrected chi connectivity index (χ0v) is 11.6. The third-order valence-corrected chi connectivity index (χ3v) is 4.03. The van der Waals surface area contributed by atoms with E-state index >= 15 is 0 Å². The maximum absolute atomic E-state index is 11.1. The first kappa shape index (κ1) is 13.9. The van der Waals surface area contributed by atoms with Gasteiger partial charge in [-0.2, -0.15) is 0 Å². The quantitative estimate of drug-likeness (QED) is 0.871. The summed E-state index contributed by atoms with van der Waals surface area (Å²) in [6.45, 7) is 4.44. The lowest BCUT2D eigenvalue weighted by Crippen LogP contribution is -2.49. The maximum Gasteiger partial charge on any atom is 0.323 e. The van der Waals surface area contributed by atoms with Gasteiger partial charge in [-0.3, -0.25) is 4.79 Å². The minimum atomic E-state index is -1.16. The Morgan fingerprint density at radius 3 is 2.89 bits per heavy atom. The van der Waals surface area contributed by atoms with E-state index in [0.29, 0.717) is 19.0 Å². The Bertz CT molecular complexity index is 471. The molecule has 2 unspecified atom stereocenters. The molecule has 3 N–H and O–H groups in total. The second-order valence-corrected chi connectivity index (χ2v) is 5.68. The molecule has 0 aliphatic carbocycles. The second kappa shape index (κ2) is 5.21. The number of nitrogens with zero attached hydrogens (tertiary/aromatic N) is 1. The van der Waals surface area contributed by atoms with E-state index in [9.17, 15) is 4.79 Å². The van der Waals surface area contributed by atoms with E-state index in [4.69, 9.17) is 10.8 Å². The van der Waals surface area contributed by atoms with Crippen LogP contribution in [0, 0.1) is 0 Å². The minimum absolute atomic E-state index is 0.430. The molecule has 0 bridgehead atoms. The first-order valence-corrected chi connectivity index (χ1v) is 6.78. The molecule has 4 heteroatoms. The van der Waals surface area contributed by atoms with Crippen molar-refractivity contribution in [3.8, 4) is 0 Å². The van der Waals surface area contributed by atoms with Crippen molar-refractivity contribution in [3.63, 3.8) is 0 Å². The molecule has 4 nitrogen and oxygen atoms in total. The Balaban J connectivity index is 2.14. The summed E-state index contributed by atoms with van der Waals surface area (Å²) in [4.78, 5) is 13.4. The number of aryl methyl sites for hydroxylation is 1. The lowest BCUT2D eigenvalue weighted by Gasteiger charge is -2.38. The van der Waals surface area contributed by atoms with Gasteiger partial charge in [0.05, 0.1) is 0 Å². The highest BCUT2D eigenvalue weighted by atomic mass is 16.4. The molecule has 0 amide bonds. The number of carbonyl (C=O) groups is 1. The summed E-state index contributed by atoms with van der Waals surface area (Å²) in [7, 11) is 0. The van der Waals surface area contributed by atoms with E-state index in [0.717, 1.165) is 12.8 Å². The zero-order chi connectivity index (χ0) is 14.0. The summed E-state index contributed by atoms with van der Waals surface area (Å²) >= 11 is 0.